The van der Waals surface area contributed by atoms with Gasteiger partial charge < -0.3 is 15.4 Å². The van der Waals surface area contributed by atoms with E-state index in [0.29, 0.717) is 13.2 Å². The summed E-state index contributed by atoms with van der Waals surface area (Å²) in [7, 11) is -2.58. The Hall–Kier alpha value is -2.46. The largest absolute Gasteiger partial charge is 0.387 e. The number of hydrogen-bond donors (Lipinski definition) is 2. The van der Waals surface area contributed by atoms with Gasteiger partial charge in [-0.3, -0.25) is 14.9 Å². The molecular weight excluding hydrogens is 326 g/mol. The lowest BCUT2D eigenvalue weighted by atomic mass is 10.2. The highest BCUT2D eigenvalue weighted by molar-refractivity contribution is 7.96. The fraction of sp³-hybridized carbons (Fsp3) is 0.308. The van der Waals surface area contributed by atoms with Crippen LogP contribution in [-0.4, -0.2) is 39.5 Å². The highest BCUT2D eigenvalue weighted by Crippen LogP contribution is 2.28. The van der Waals surface area contributed by atoms with Gasteiger partial charge >= 0.3 is 0 Å². The van der Waals surface area contributed by atoms with E-state index in [2.05, 4.69) is 10.6 Å². The molecule has 0 aromatic heterocycles. The summed E-state index contributed by atoms with van der Waals surface area (Å²) in [5.41, 5.74) is -0.0633. The summed E-state index contributed by atoms with van der Waals surface area (Å²) in [6, 6.07) is 3.39. The minimum Gasteiger partial charge on any atom is -0.387 e. The van der Waals surface area contributed by atoms with Crippen molar-refractivity contribution >= 4 is 21.4 Å². The molecule has 1 aliphatic rings. The Balaban J connectivity index is 2.45. The van der Waals surface area contributed by atoms with E-state index in [1.165, 1.54) is 7.11 Å². The number of benzene rings is 1. The van der Waals surface area contributed by atoms with Crippen LogP contribution in [0, 0.1) is 10.1 Å². The first-order valence-corrected chi connectivity index (χ1v) is 8.09. The number of ether oxygens (including phenoxy) is 1. The van der Waals surface area contributed by atoms with Gasteiger partial charge in [-0.25, -0.2) is 8.42 Å². The molecule has 0 spiro atoms. The highest BCUT2D eigenvalue weighted by atomic mass is 32.2. The third-order valence-corrected chi connectivity index (χ3v) is 5.04. The number of nitro groups is 1. The third kappa shape index (κ3) is 3.48. The molecule has 23 heavy (non-hydrogen) atoms. The molecule has 1 amide bonds. The topological polar surface area (TPSA) is 128 Å². The van der Waals surface area contributed by atoms with Crippen molar-refractivity contribution in [1.82, 2.24) is 10.6 Å². The van der Waals surface area contributed by atoms with Crippen molar-refractivity contribution in [3.63, 3.8) is 0 Å². The molecule has 0 fully saturated rings. The molecule has 2 N–H and O–H groups in total. The Morgan fingerprint density at radius 1 is 1.48 bits per heavy atom. The van der Waals surface area contributed by atoms with Gasteiger partial charge in [0.25, 0.3) is 11.6 Å². The van der Waals surface area contributed by atoms with Gasteiger partial charge in [0.1, 0.15) is 0 Å². The van der Waals surface area contributed by atoms with Gasteiger partial charge in [-0.2, -0.15) is 0 Å². The average Bonchev–Trinajstić information content (AvgIpc) is 2.60. The molecule has 1 aromatic carbocycles. The summed E-state index contributed by atoms with van der Waals surface area (Å²) in [6.07, 6.45) is 1.11. The number of carbonyl (C=O) groups is 1. The zero-order valence-electron chi connectivity index (χ0n) is 12.2. The monoisotopic (exact) mass is 341 g/mol. The highest BCUT2D eigenvalue weighted by Gasteiger charge is 2.33. The number of sulfone groups is 1. The van der Waals surface area contributed by atoms with Crippen LogP contribution in [0.1, 0.15) is 5.56 Å². The molecule has 0 bridgehead atoms. The average molecular weight is 341 g/mol. The van der Waals surface area contributed by atoms with E-state index in [1.54, 1.807) is 0 Å². The van der Waals surface area contributed by atoms with E-state index >= 15 is 0 Å². The molecule has 9 nitrogen and oxygen atoms in total. The Morgan fingerprint density at radius 2 is 2.22 bits per heavy atom. The molecule has 0 unspecified atom stereocenters. The van der Waals surface area contributed by atoms with Crippen LogP contribution >= 0.6 is 0 Å². The van der Waals surface area contributed by atoms with Crippen molar-refractivity contribution in [2.24, 2.45) is 0 Å². The number of nitrogens with zero attached hydrogens (tertiary/aromatic N) is 1. The number of rotatable bonds is 5. The molecule has 1 aliphatic heterocycles. The van der Waals surface area contributed by atoms with Crippen LogP contribution in [0.4, 0.5) is 5.69 Å². The molecule has 0 saturated heterocycles. The number of nitrogens with one attached hydrogen (secondary N) is 2. The van der Waals surface area contributed by atoms with Crippen molar-refractivity contribution < 1.29 is 22.9 Å². The van der Waals surface area contributed by atoms with Crippen LogP contribution in [-0.2, 0) is 25.9 Å². The molecule has 0 aliphatic carbocycles. The lowest BCUT2D eigenvalue weighted by Gasteiger charge is -2.07. The number of carbonyl (C=O) groups excluding carboxylic acids is 1. The Kier molecular flexibility index (Phi) is 4.96. The fourth-order valence-corrected chi connectivity index (χ4v) is 3.57. The smallest absolute Gasteiger partial charge is 0.269 e. The summed E-state index contributed by atoms with van der Waals surface area (Å²) in [4.78, 5) is 21.6. The molecule has 1 heterocycles. The van der Waals surface area contributed by atoms with E-state index in [4.69, 9.17) is 4.74 Å². The second kappa shape index (κ2) is 6.75. The van der Waals surface area contributed by atoms with Crippen molar-refractivity contribution in [2.75, 3.05) is 20.3 Å². The minimum atomic E-state index is -4.07. The summed E-state index contributed by atoms with van der Waals surface area (Å²) >= 11 is 0. The molecule has 1 aromatic rings. The van der Waals surface area contributed by atoms with E-state index in [9.17, 15) is 23.3 Å². The Morgan fingerprint density at radius 3 is 2.87 bits per heavy atom. The Labute approximate surface area is 132 Å². The SMILES string of the molecule is COCCN/C=C1\C(=O)NCc2cc([N+](=O)[O-])ccc2S1(=O)=O. The van der Waals surface area contributed by atoms with Crippen molar-refractivity contribution in [3.05, 3.63) is 45.0 Å². The predicted molar refractivity (Wildman–Crippen MR) is 80.1 cm³/mol. The van der Waals surface area contributed by atoms with Gasteiger partial charge in [0, 0.05) is 38.5 Å². The lowest BCUT2D eigenvalue weighted by molar-refractivity contribution is -0.385. The van der Waals surface area contributed by atoms with E-state index < -0.39 is 25.6 Å². The van der Waals surface area contributed by atoms with Crippen molar-refractivity contribution in [1.29, 1.82) is 0 Å². The second-order valence-electron chi connectivity index (χ2n) is 4.69. The summed E-state index contributed by atoms with van der Waals surface area (Å²) in [6.45, 7) is 0.564. The van der Waals surface area contributed by atoms with Crippen molar-refractivity contribution in [3.8, 4) is 0 Å². The number of non-ortho nitro benzene ring substituents is 1. The van der Waals surface area contributed by atoms with Gasteiger partial charge in [-0.1, -0.05) is 0 Å². The number of nitro benzene ring substituents is 1. The van der Waals surface area contributed by atoms with Gasteiger partial charge in [-0.05, 0) is 11.6 Å². The third-order valence-electron chi connectivity index (χ3n) is 3.18. The molecule has 0 atom stereocenters. The number of hydrogen-bond acceptors (Lipinski definition) is 7. The van der Waals surface area contributed by atoms with Crippen LogP contribution in [0.15, 0.2) is 34.2 Å². The molecule has 2 rings (SSSR count). The lowest BCUT2D eigenvalue weighted by Crippen LogP contribution is -2.26. The molecular formula is C13H15N3O6S. The molecule has 0 saturated carbocycles. The zero-order valence-corrected chi connectivity index (χ0v) is 13.1. The van der Waals surface area contributed by atoms with Gasteiger partial charge in [0.15, 0.2) is 4.91 Å². The molecule has 10 heteroatoms. The summed E-state index contributed by atoms with van der Waals surface area (Å²) < 4.78 is 30.0. The van der Waals surface area contributed by atoms with Crippen LogP contribution in [0.3, 0.4) is 0 Å². The Bertz CT molecular complexity index is 772. The van der Waals surface area contributed by atoms with E-state index in [0.717, 1.165) is 24.4 Å². The van der Waals surface area contributed by atoms with Crippen LogP contribution in [0.25, 0.3) is 0 Å². The first kappa shape index (κ1) is 16.9. The van der Waals surface area contributed by atoms with Crippen LogP contribution in [0.2, 0.25) is 0 Å². The fourth-order valence-electron chi connectivity index (χ4n) is 2.05. The number of amides is 1. The van der Waals surface area contributed by atoms with Crippen LogP contribution in [0.5, 0.6) is 0 Å². The maximum absolute atomic E-state index is 12.6. The quantitative estimate of drug-likeness (QED) is 0.336. The van der Waals surface area contributed by atoms with Gasteiger partial charge in [-0.15, -0.1) is 0 Å². The standard InChI is InChI=1S/C13H15N3O6S/c1-22-5-4-14-8-12-13(17)15-7-9-6-10(16(18)19)2-3-11(9)23(12,20)21/h2-3,6,8,14H,4-5,7H2,1H3,(H,15,17)/b12-8+. The van der Waals surface area contributed by atoms with Crippen LogP contribution < -0.4 is 10.6 Å². The van der Waals surface area contributed by atoms with Crippen molar-refractivity contribution in [2.45, 2.75) is 11.4 Å². The minimum absolute atomic E-state index is 0.107. The van der Waals surface area contributed by atoms with Gasteiger partial charge in [0.2, 0.25) is 9.84 Å². The van der Waals surface area contributed by atoms with Gasteiger partial charge in [0.05, 0.1) is 16.4 Å². The van der Waals surface area contributed by atoms with E-state index in [-0.39, 0.29) is 22.7 Å². The maximum Gasteiger partial charge on any atom is 0.269 e. The number of fused-ring (bicyclic) bond motifs is 1. The first-order valence-electron chi connectivity index (χ1n) is 6.61. The first-order chi connectivity index (χ1) is 10.9. The normalized spacial score (nSPS) is 18.0. The van der Waals surface area contributed by atoms with E-state index in [1.807, 2.05) is 0 Å². The predicted octanol–water partition coefficient (Wildman–Crippen LogP) is 0.0757. The zero-order chi connectivity index (χ0) is 17.0. The maximum atomic E-state index is 12.6. The molecule has 124 valence electrons. The summed E-state index contributed by atoms with van der Waals surface area (Å²) in [5, 5.41) is 15.9. The number of methoxy groups -OCH3 is 1. The molecule has 0 radical (unpaired) electrons. The second-order valence-corrected chi connectivity index (χ2v) is 6.58. The summed E-state index contributed by atoms with van der Waals surface area (Å²) in [5.74, 6) is -0.770.